The van der Waals surface area contributed by atoms with Gasteiger partial charge in [0.05, 0.1) is 0 Å². The minimum absolute atomic E-state index is 0.973. The van der Waals surface area contributed by atoms with Gasteiger partial charge in [-0.15, -0.1) is 0 Å². The van der Waals surface area contributed by atoms with Crippen molar-refractivity contribution < 1.29 is 0 Å². The van der Waals surface area contributed by atoms with Crippen molar-refractivity contribution in [1.29, 1.82) is 0 Å². The monoisotopic (exact) mass is 279 g/mol. The smallest absolute Gasteiger partial charge is 0.0384 e. The van der Waals surface area contributed by atoms with E-state index in [0.717, 1.165) is 11.6 Å². The van der Waals surface area contributed by atoms with Crippen LogP contribution in [-0.2, 0) is 6.42 Å². The SMILES string of the molecule is c1ccc(Nc2ccc(CCC3CCCCC3)cc2)cc1. The first-order valence-electron chi connectivity index (χ1n) is 8.31. The Kier molecular flexibility index (Phi) is 4.94. The summed E-state index contributed by atoms with van der Waals surface area (Å²) in [5.74, 6) is 0.973. The normalized spacial score (nSPS) is 15.8. The number of anilines is 2. The molecule has 1 aliphatic rings. The van der Waals surface area contributed by atoms with Gasteiger partial charge >= 0.3 is 0 Å². The Morgan fingerprint density at radius 1 is 0.762 bits per heavy atom. The van der Waals surface area contributed by atoms with Gasteiger partial charge in [0.25, 0.3) is 0 Å². The van der Waals surface area contributed by atoms with Gasteiger partial charge in [-0.1, -0.05) is 62.4 Å². The summed E-state index contributed by atoms with van der Waals surface area (Å²) in [6.07, 6.45) is 9.86. The van der Waals surface area contributed by atoms with Gasteiger partial charge in [0, 0.05) is 11.4 Å². The van der Waals surface area contributed by atoms with Crippen molar-refractivity contribution in [2.45, 2.75) is 44.9 Å². The molecule has 1 nitrogen and oxygen atoms in total. The average Bonchev–Trinajstić information content (AvgIpc) is 2.56. The molecule has 1 saturated carbocycles. The molecule has 21 heavy (non-hydrogen) atoms. The zero-order valence-corrected chi connectivity index (χ0v) is 12.7. The van der Waals surface area contributed by atoms with Gasteiger partial charge in [-0.25, -0.2) is 0 Å². The van der Waals surface area contributed by atoms with Crippen molar-refractivity contribution in [1.82, 2.24) is 0 Å². The predicted molar refractivity (Wildman–Crippen MR) is 91.1 cm³/mol. The number of hydrogen-bond acceptors (Lipinski definition) is 1. The summed E-state index contributed by atoms with van der Waals surface area (Å²) in [5, 5.41) is 3.44. The highest BCUT2D eigenvalue weighted by Gasteiger charge is 2.12. The number of aryl methyl sites for hydroxylation is 1. The molecule has 0 amide bonds. The molecule has 2 aromatic rings. The van der Waals surface area contributed by atoms with Crippen LogP contribution in [-0.4, -0.2) is 0 Å². The van der Waals surface area contributed by atoms with Gasteiger partial charge in [0.15, 0.2) is 0 Å². The van der Waals surface area contributed by atoms with Crippen molar-refractivity contribution >= 4 is 11.4 Å². The Labute approximate surface area is 128 Å². The highest BCUT2D eigenvalue weighted by atomic mass is 14.9. The summed E-state index contributed by atoms with van der Waals surface area (Å²) >= 11 is 0. The van der Waals surface area contributed by atoms with E-state index in [4.69, 9.17) is 0 Å². The molecular formula is C20H25N. The summed E-state index contributed by atoms with van der Waals surface area (Å²) in [6.45, 7) is 0. The van der Waals surface area contributed by atoms with Crippen LogP contribution in [0.2, 0.25) is 0 Å². The molecule has 1 N–H and O–H groups in total. The fourth-order valence-corrected chi connectivity index (χ4v) is 3.29. The van der Waals surface area contributed by atoms with Crippen LogP contribution in [0.4, 0.5) is 11.4 Å². The van der Waals surface area contributed by atoms with Gasteiger partial charge in [0.2, 0.25) is 0 Å². The quantitative estimate of drug-likeness (QED) is 0.713. The lowest BCUT2D eigenvalue weighted by Crippen LogP contribution is -2.07. The molecule has 3 rings (SSSR count). The third-order valence-corrected chi connectivity index (χ3v) is 4.58. The lowest BCUT2D eigenvalue weighted by atomic mass is 9.85. The maximum absolute atomic E-state index is 3.44. The number of hydrogen-bond donors (Lipinski definition) is 1. The lowest BCUT2D eigenvalue weighted by molar-refractivity contribution is 0.339. The van der Waals surface area contributed by atoms with Crippen molar-refractivity contribution in [3.05, 3.63) is 60.2 Å². The van der Waals surface area contributed by atoms with Crippen LogP contribution in [0.25, 0.3) is 0 Å². The largest absolute Gasteiger partial charge is 0.356 e. The molecule has 2 aromatic carbocycles. The third kappa shape index (κ3) is 4.35. The minimum Gasteiger partial charge on any atom is -0.356 e. The van der Waals surface area contributed by atoms with Crippen LogP contribution in [0.1, 0.15) is 44.1 Å². The van der Waals surface area contributed by atoms with E-state index in [1.165, 1.54) is 56.2 Å². The second-order valence-corrected chi connectivity index (χ2v) is 6.23. The molecule has 0 aliphatic heterocycles. The van der Waals surface area contributed by atoms with E-state index in [1.54, 1.807) is 0 Å². The van der Waals surface area contributed by atoms with E-state index < -0.39 is 0 Å². The highest BCUT2D eigenvalue weighted by molar-refractivity contribution is 5.59. The Morgan fingerprint density at radius 3 is 2.14 bits per heavy atom. The maximum atomic E-state index is 3.44. The summed E-state index contributed by atoms with van der Waals surface area (Å²) in [4.78, 5) is 0. The van der Waals surface area contributed by atoms with Crippen LogP contribution in [0.15, 0.2) is 54.6 Å². The van der Waals surface area contributed by atoms with Crippen LogP contribution >= 0.6 is 0 Å². The maximum Gasteiger partial charge on any atom is 0.0384 e. The summed E-state index contributed by atoms with van der Waals surface area (Å²) in [7, 11) is 0. The topological polar surface area (TPSA) is 12.0 Å². The van der Waals surface area contributed by atoms with E-state index in [0.29, 0.717) is 0 Å². The van der Waals surface area contributed by atoms with E-state index in [9.17, 15) is 0 Å². The highest BCUT2D eigenvalue weighted by Crippen LogP contribution is 2.27. The number of benzene rings is 2. The molecule has 0 spiro atoms. The predicted octanol–water partition coefficient (Wildman–Crippen LogP) is 5.94. The average molecular weight is 279 g/mol. The van der Waals surface area contributed by atoms with Gasteiger partial charge in [-0.05, 0) is 48.6 Å². The Bertz CT molecular complexity index is 524. The van der Waals surface area contributed by atoms with Crippen molar-refractivity contribution in [3.8, 4) is 0 Å². The van der Waals surface area contributed by atoms with Crippen LogP contribution < -0.4 is 5.32 Å². The summed E-state index contributed by atoms with van der Waals surface area (Å²) in [5.41, 5.74) is 3.79. The van der Waals surface area contributed by atoms with Crippen molar-refractivity contribution in [2.75, 3.05) is 5.32 Å². The molecule has 1 heteroatoms. The zero-order chi connectivity index (χ0) is 14.3. The minimum atomic E-state index is 0.973. The zero-order valence-electron chi connectivity index (χ0n) is 12.7. The molecule has 0 unspecified atom stereocenters. The molecule has 0 bridgehead atoms. The van der Waals surface area contributed by atoms with E-state index in [2.05, 4.69) is 53.8 Å². The molecule has 0 saturated heterocycles. The lowest BCUT2D eigenvalue weighted by Gasteiger charge is -2.21. The second-order valence-electron chi connectivity index (χ2n) is 6.23. The third-order valence-electron chi connectivity index (χ3n) is 4.58. The van der Waals surface area contributed by atoms with Crippen LogP contribution in [0.5, 0.6) is 0 Å². The van der Waals surface area contributed by atoms with Gasteiger partial charge in [-0.2, -0.15) is 0 Å². The van der Waals surface area contributed by atoms with Gasteiger partial charge in [-0.3, -0.25) is 0 Å². The van der Waals surface area contributed by atoms with E-state index >= 15 is 0 Å². The number of nitrogens with one attached hydrogen (secondary N) is 1. The van der Waals surface area contributed by atoms with Crippen LogP contribution in [0.3, 0.4) is 0 Å². The molecule has 1 fully saturated rings. The molecule has 0 heterocycles. The number of para-hydroxylation sites is 1. The summed E-state index contributed by atoms with van der Waals surface area (Å²) in [6, 6.07) is 19.3. The first kappa shape index (κ1) is 14.2. The van der Waals surface area contributed by atoms with Crippen LogP contribution in [0, 0.1) is 5.92 Å². The molecular weight excluding hydrogens is 254 g/mol. The fourth-order valence-electron chi connectivity index (χ4n) is 3.29. The standard InChI is InChI=1S/C20H25N/c1-3-7-17(8-4-1)11-12-18-13-15-20(16-14-18)21-19-9-5-2-6-10-19/h2,5-6,9-10,13-17,21H,1,3-4,7-8,11-12H2. The number of rotatable bonds is 5. The Balaban J connectivity index is 1.51. The van der Waals surface area contributed by atoms with Crippen molar-refractivity contribution in [2.24, 2.45) is 5.92 Å². The fraction of sp³-hybridized carbons (Fsp3) is 0.400. The second kappa shape index (κ2) is 7.31. The molecule has 0 radical (unpaired) electrons. The first-order valence-corrected chi connectivity index (χ1v) is 8.31. The molecule has 1 aliphatic carbocycles. The Morgan fingerprint density at radius 2 is 1.43 bits per heavy atom. The van der Waals surface area contributed by atoms with Crippen molar-refractivity contribution in [3.63, 3.8) is 0 Å². The first-order chi connectivity index (χ1) is 10.4. The van der Waals surface area contributed by atoms with Gasteiger partial charge in [0.1, 0.15) is 0 Å². The van der Waals surface area contributed by atoms with E-state index in [-0.39, 0.29) is 0 Å². The molecule has 0 atom stereocenters. The van der Waals surface area contributed by atoms with Gasteiger partial charge < -0.3 is 5.32 Å². The molecule has 110 valence electrons. The summed E-state index contributed by atoms with van der Waals surface area (Å²) < 4.78 is 0. The Hall–Kier alpha value is -1.76. The van der Waals surface area contributed by atoms with E-state index in [1.807, 2.05) is 6.07 Å². The molecule has 0 aromatic heterocycles.